The smallest absolute Gasteiger partial charge is 0.0861 e. The third-order valence-electron chi connectivity index (χ3n) is 2.58. The summed E-state index contributed by atoms with van der Waals surface area (Å²) in [6.45, 7) is 7.97. The summed E-state index contributed by atoms with van der Waals surface area (Å²) in [5.74, 6) is 0.567. The summed E-state index contributed by atoms with van der Waals surface area (Å²) in [5, 5.41) is 9.69. The van der Waals surface area contributed by atoms with Crippen LogP contribution >= 0.6 is 0 Å². The highest BCUT2D eigenvalue weighted by molar-refractivity contribution is 4.85. The molecule has 1 heterocycles. The lowest BCUT2D eigenvalue weighted by Gasteiger charge is -2.26. The minimum absolute atomic E-state index is 0.0323. The molecule has 0 aliphatic carbocycles. The van der Waals surface area contributed by atoms with Crippen LogP contribution in [0.4, 0.5) is 0 Å². The molecule has 12 heavy (non-hydrogen) atoms. The normalized spacial score (nSPS) is 31.5. The van der Waals surface area contributed by atoms with Crippen LogP contribution in [0.15, 0.2) is 0 Å². The molecule has 0 aromatic rings. The van der Waals surface area contributed by atoms with Gasteiger partial charge in [-0.25, -0.2) is 0 Å². The van der Waals surface area contributed by atoms with Gasteiger partial charge in [-0.05, 0) is 32.6 Å². The van der Waals surface area contributed by atoms with Crippen LogP contribution in [0, 0.1) is 5.92 Å². The zero-order chi connectivity index (χ0) is 9.35. The van der Waals surface area contributed by atoms with Gasteiger partial charge in [0.05, 0.1) is 17.8 Å². The van der Waals surface area contributed by atoms with Crippen molar-refractivity contribution in [2.24, 2.45) is 5.92 Å². The van der Waals surface area contributed by atoms with E-state index in [0.29, 0.717) is 12.0 Å². The van der Waals surface area contributed by atoms with E-state index in [9.17, 15) is 5.11 Å². The van der Waals surface area contributed by atoms with Crippen LogP contribution in [0.2, 0.25) is 0 Å². The van der Waals surface area contributed by atoms with E-state index in [1.807, 2.05) is 13.8 Å². The van der Waals surface area contributed by atoms with Gasteiger partial charge in [0.15, 0.2) is 0 Å². The van der Waals surface area contributed by atoms with Gasteiger partial charge in [0.1, 0.15) is 0 Å². The first-order valence-corrected chi connectivity index (χ1v) is 4.79. The van der Waals surface area contributed by atoms with E-state index in [-0.39, 0.29) is 6.10 Å². The van der Waals surface area contributed by atoms with Crippen LogP contribution in [0.1, 0.15) is 40.5 Å². The first kappa shape index (κ1) is 10.0. The van der Waals surface area contributed by atoms with Gasteiger partial charge in [-0.15, -0.1) is 0 Å². The Morgan fingerprint density at radius 1 is 1.33 bits per heavy atom. The molecule has 0 radical (unpaired) electrons. The Kier molecular flexibility index (Phi) is 2.79. The van der Waals surface area contributed by atoms with Gasteiger partial charge >= 0.3 is 0 Å². The molecule has 0 spiro atoms. The lowest BCUT2D eigenvalue weighted by molar-refractivity contribution is -0.0910. The Hall–Kier alpha value is -0.0800. The Morgan fingerprint density at radius 2 is 1.92 bits per heavy atom. The predicted molar refractivity (Wildman–Crippen MR) is 49.0 cm³/mol. The minimum Gasteiger partial charge on any atom is -0.388 e. The SMILES string of the molecule is CC(C)[C@@H]1CC[C@H](C(C)(C)O)O1. The van der Waals surface area contributed by atoms with Gasteiger partial charge < -0.3 is 9.84 Å². The van der Waals surface area contributed by atoms with Crippen LogP contribution in [-0.2, 0) is 4.74 Å². The molecular weight excluding hydrogens is 152 g/mol. The molecule has 1 saturated heterocycles. The quantitative estimate of drug-likeness (QED) is 0.690. The van der Waals surface area contributed by atoms with Crippen LogP contribution < -0.4 is 0 Å². The number of hydrogen-bond acceptors (Lipinski definition) is 2. The van der Waals surface area contributed by atoms with Gasteiger partial charge in [0.2, 0.25) is 0 Å². The van der Waals surface area contributed by atoms with Crippen LogP contribution in [-0.4, -0.2) is 22.9 Å². The van der Waals surface area contributed by atoms with E-state index in [1.165, 1.54) is 0 Å². The van der Waals surface area contributed by atoms with Crippen molar-refractivity contribution in [3.8, 4) is 0 Å². The maximum atomic E-state index is 9.69. The highest BCUT2D eigenvalue weighted by Crippen LogP contribution is 2.30. The molecule has 2 atom stereocenters. The summed E-state index contributed by atoms with van der Waals surface area (Å²) >= 11 is 0. The molecule has 1 fully saturated rings. The maximum Gasteiger partial charge on any atom is 0.0861 e. The highest BCUT2D eigenvalue weighted by atomic mass is 16.5. The molecule has 1 rings (SSSR count). The summed E-state index contributed by atoms with van der Waals surface area (Å²) in [5.41, 5.74) is -0.677. The van der Waals surface area contributed by atoms with E-state index in [1.54, 1.807) is 0 Å². The number of aliphatic hydroxyl groups is 1. The lowest BCUT2D eigenvalue weighted by Crippen LogP contribution is -2.36. The molecule has 1 aliphatic rings. The molecule has 0 aromatic heterocycles. The van der Waals surface area contributed by atoms with Gasteiger partial charge in [-0.2, -0.15) is 0 Å². The third kappa shape index (κ3) is 2.20. The average Bonchev–Trinajstić information content (AvgIpc) is 2.30. The van der Waals surface area contributed by atoms with Crippen LogP contribution in [0.3, 0.4) is 0 Å². The zero-order valence-corrected chi connectivity index (χ0v) is 8.50. The molecule has 0 aromatic carbocycles. The maximum absolute atomic E-state index is 9.69. The largest absolute Gasteiger partial charge is 0.388 e. The fraction of sp³-hybridized carbons (Fsp3) is 1.00. The molecular formula is C10H20O2. The van der Waals surface area contributed by atoms with Crippen LogP contribution in [0.25, 0.3) is 0 Å². The predicted octanol–water partition coefficient (Wildman–Crippen LogP) is 1.96. The third-order valence-corrected chi connectivity index (χ3v) is 2.58. The van der Waals surface area contributed by atoms with Gasteiger partial charge in [0.25, 0.3) is 0 Å². The second-order valence-electron chi connectivity index (χ2n) is 4.64. The Bertz CT molecular complexity index is 146. The van der Waals surface area contributed by atoms with E-state index < -0.39 is 5.60 Å². The number of hydrogen-bond donors (Lipinski definition) is 1. The molecule has 1 N–H and O–H groups in total. The van der Waals surface area contributed by atoms with Crippen molar-refractivity contribution >= 4 is 0 Å². The topological polar surface area (TPSA) is 29.5 Å². The standard InChI is InChI=1S/C10H20O2/c1-7(2)8-5-6-9(12-8)10(3,4)11/h7-9,11H,5-6H2,1-4H3/t8-,9+/m0/s1. The lowest BCUT2D eigenvalue weighted by atomic mass is 9.98. The molecule has 2 nitrogen and oxygen atoms in total. The molecule has 2 heteroatoms. The Morgan fingerprint density at radius 3 is 2.17 bits per heavy atom. The van der Waals surface area contributed by atoms with Gasteiger partial charge in [-0.1, -0.05) is 13.8 Å². The summed E-state index contributed by atoms with van der Waals surface area (Å²) < 4.78 is 5.74. The molecule has 1 aliphatic heterocycles. The Balaban J connectivity index is 2.46. The summed E-state index contributed by atoms with van der Waals surface area (Å²) in [4.78, 5) is 0. The van der Waals surface area contributed by atoms with E-state index in [2.05, 4.69) is 13.8 Å². The molecule has 0 unspecified atom stereocenters. The number of ether oxygens (including phenoxy) is 1. The second kappa shape index (κ2) is 3.35. The zero-order valence-electron chi connectivity index (χ0n) is 8.50. The van der Waals surface area contributed by atoms with E-state index in [0.717, 1.165) is 12.8 Å². The Labute approximate surface area is 74.9 Å². The van der Waals surface area contributed by atoms with Gasteiger partial charge in [0, 0.05) is 0 Å². The average molecular weight is 172 g/mol. The molecule has 0 bridgehead atoms. The first-order valence-electron chi connectivity index (χ1n) is 4.79. The second-order valence-corrected chi connectivity index (χ2v) is 4.64. The first-order chi connectivity index (χ1) is 5.41. The number of rotatable bonds is 2. The van der Waals surface area contributed by atoms with Crippen molar-refractivity contribution in [3.63, 3.8) is 0 Å². The molecule has 0 saturated carbocycles. The molecule has 0 amide bonds. The van der Waals surface area contributed by atoms with Crippen molar-refractivity contribution < 1.29 is 9.84 Å². The minimum atomic E-state index is -0.677. The van der Waals surface area contributed by atoms with Crippen molar-refractivity contribution in [1.82, 2.24) is 0 Å². The highest BCUT2D eigenvalue weighted by Gasteiger charge is 2.36. The fourth-order valence-electron chi connectivity index (χ4n) is 1.67. The summed E-state index contributed by atoms with van der Waals surface area (Å²) in [7, 11) is 0. The van der Waals surface area contributed by atoms with Crippen LogP contribution in [0.5, 0.6) is 0 Å². The van der Waals surface area contributed by atoms with Crippen molar-refractivity contribution in [2.45, 2.75) is 58.3 Å². The fourth-order valence-corrected chi connectivity index (χ4v) is 1.67. The van der Waals surface area contributed by atoms with Crippen molar-refractivity contribution in [1.29, 1.82) is 0 Å². The van der Waals surface area contributed by atoms with E-state index >= 15 is 0 Å². The van der Waals surface area contributed by atoms with Crippen molar-refractivity contribution in [3.05, 3.63) is 0 Å². The summed E-state index contributed by atoms with van der Waals surface area (Å²) in [6, 6.07) is 0. The summed E-state index contributed by atoms with van der Waals surface area (Å²) in [6.07, 6.45) is 2.46. The monoisotopic (exact) mass is 172 g/mol. The van der Waals surface area contributed by atoms with Gasteiger partial charge in [-0.3, -0.25) is 0 Å². The van der Waals surface area contributed by atoms with Crippen molar-refractivity contribution in [2.75, 3.05) is 0 Å². The molecule has 72 valence electrons. The van der Waals surface area contributed by atoms with E-state index in [4.69, 9.17) is 4.74 Å².